The van der Waals surface area contributed by atoms with E-state index in [4.69, 9.17) is 5.73 Å². The molecule has 0 saturated heterocycles. The highest BCUT2D eigenvalue weighted by Gasteiger charge is 2.31. The summed E-state index contributed by atoms with van der Waals surface area (Å²) in [5.74, 6) is -3.40. The van der Waals surface area contributed by atoms with Crippen molar-refractivity contribution >= 4 is 12.4 Å². The molecule has 0 fully saturated rings. The summed E-state index contributed by atoms with van der Waals surface area (Å²) in [6.45, 7) is 0. The number of hydrogen-bond acceptors (Lipinski definition) is 3. The molecule has 0 unspecified atom stereocenters. The second-order valence-corrected chi connectivity index (χ2v) is 4.39. The number of phenolic OH excluding ortho intramolecular Hbond substituents is 1. The van der Waals surface area contributed by atoms with E-state index in [1.54, 1.807) is 0 Å². The van der Waals surface area contributed by atoms with Gasteiger partial charge in [-0.15, -0.1) is 25.6 Å². The van der Waals surface area contributed by atoms with Crippen molar-refractivity contribution in [2.75, 3.05) is 0 Å². The predicted octanol–water partition coefficient (Wildman–Crippen LogP) is 4.04. The molecule has 0 aliphatic heterocycles. The fraction of sp³-hybridized carbons (Fsp3) is 0.143. The molecule has 0 heterocycles. The lowest BCUT2D eigenvalue weighted by atomic mass is 9.98. The van der Waals surface area contributed by atoms with Crippen molar-refractivity contribution in [3.8, 4) is 11.5 Å². The zero-order valence-corrected chi connectivity index (χ0v) is 12.1. The third-order valence-corrected chi connectivity index (χ3v) is 2.90. The van der Waals surface area contributed by atoms with Crippen LogP contribution in [0.3, 0.4) is 0 Å². The third kappa shape index (κ3) is 4.46. The van der Waals surface area contributed by atoms with Crippen molar-refractivity contribution < 1.29 is 31.8 Å². The lowest BCUT2D eigenvalue weighted by Crippen LogP contribution is -2.17. The molecule has 0 amide bonds. The van der Waals surface area contributed by atoms with Crippen LogP contribution in [0.25, 0.3) is 0 Å². The topological polar surface area (TPSA) is 55.5 Å². The number of alkyl halides is 3. The van der Waals surface area contributed by atoms with E-state index in [0.717, 1.165) is 36.4 Å². The van der Waals surface area contributed by atoms with Gasteiger partial charge in [-0.2, -0.15) is 0 Å². The Morgan fingerprint density at radius 1 is 0.957 bits per heavy atom. The van der Waals surface area contributed by atoms with E-state index in [0.29, 0.717) is 0 Å². The Kier molecular flexibility index (Phi) is 5.79. The molecule has 0 radical (unpaired) electrons. The molecule has 3 nitrogen and oxygen atoms in total. The molecule has 2 rings (SSSR count). The summed E-state index contributed by atoms with van der Waals surface area (Å²) < 4.78 is 66.8. The van der Waals surface area contributed by atoms with Gasteiger partial charge >= 0.3 is 6.36 Å². The second-order valence-electron chi connectivity index (χ2n) is 4.39. The van der Waals surface area contributed by atoms with Gasteiger partial charge < -0.3 is 15.6 Å². The Morgan fingerprint density at radius 3 is 2.00 bits per heavy atom. The summed E-state index contributed by atoms with van der Waals surface area (Å²) in [7, 11) is 0. The minimum Gasteiger partial charge on any atom is -0.505 e. The van der Waals surface area contributed by atoms with Crippen LogP contribution >= 0.6 is 12.4 Å². The molecule has 0 aliphatic carbocycles. The third-order valence-electron chi connectivity index (χ3n) is 2.90. The molecule has 0 aliphatic rings. The average Bonchev–Trinajstić information content (AvgIpc) is 2.42. The van der Waals surface area contributed by atoms with E-state index in [2.05, 4.69) is 4.74 Å². The molecule has 2 aromatic carbocycles. The van der Waals surface area contributed by atoms with E-state index < -0.39 is 41.1 Å². The van der Waals surface area contributed by atoms with Crippen molar-refractivity contribution in [3.63, 3.8) is 0 Å². The molecule has 0 aromatic heterocycles. The molecule has 126 valence electrons. The van der Waals surface area contributed by atoms with Crippen molar-refractivity contribution in [2.45, 2.75) is 12.4 Å². The smallest absolute Gasteiger partial charge is 0.505 e. The SMILES string of the molecule is Cl.N[C@H](c1ccc(OC(F)(F)F)cc1)c1c(F)ccc(F)c1O. The van der Waals surface area contributed by atoms with Crippen LogP contribution in [0.15, 0.2) is 36.4 Å². The number of halogens is 6. The zero-order chi connectivity index (χ0) is 16.5. The first-order chi connectivity index (χ1) is 10.2. The average molecular weight is 356 g/mol. The van der Waals surface area contributed by atoms with Gasteiger partial charge in [0.05, 0.1) is 11.6 Å². The maximum atomic E-state index is 13.7. The molecular weight excluding hydrogens is 345 g/mol. The van der Waals surface area contributed by atoms with E-state index in [-0.39, 0.29) is 18.0 Å². The first kappa shape index (κ1) is 19.0. The number of nitrogens with two attached hydrogens (primary N) is 1. The Hall–Kier alpha value is -2.06. The summed E-state index contributed by atoms with van der Waals surface area (Å²) in [5, 5.41) is 9.55. The summed E-state index contributed by atoms with van der Waals surface area (Å²) in [5.41, 5.74) is 5.43. The number of benzene rings is 2. The van der Waals surface area contributed by atoms with Crippen molar-refractivity contribution in [1.29, 1.82) is 0 Å². The maximum Gasteiger partial charge on any atom is 0.573 e. The highest BCUT2D eigenvalue weighted by Crippen LogP contribution is 2.33. The molecule has 23 heavy (non-hydrogen) atoms. The standard InChI is InChI=1S/C14H10F5NO2.ClH/c15-9-5-6-10(16)13(21)11(9)12(20)7-1-3-8(4-2-7)22-14(17,18)19;/h1-6,12,21H,20H2;1H/t12-;/m1./s1. The summed E-state index contributed by atoms with van der Waals surface area (Å²) >= 11 is 0. The van der Waals surface area contributed by atoms with E-state index in [1.165, 1.54) is 0 Å². The van der Waals surface area contributed by atoms with Gasteiger partial charge in [-0.05, 0) is 29.8 Å². The first-order valence-corrected chi connectivity index (χ1v) is 5.97. The van der Waals surface area contributed by atoms with Crippen molar-refractivity contribution in [3.05, 3.63) is 59.2 Å². The Morgan fingerprint density at radius 2 is 1.48 bits per heavy atom. The number of ether oxygens (including phenoxy) is 1. The Balaban J connectivity index is 0.00000264. The zero-order valence-electron chi connectivity index (χ0n) is 11.3. The molecule has 2 aromatic rings. The minimum absolute atomic E-state index is 0. The minimum atomic E-state index is -4.84. The lowest BCUT2D eigenvalue weighted by molar-refractivity contribution is -0.274. The summed E-state index contributed by atoms with van der Waals surface area (Å²) in [6, 6.07) is 4.57. The summed E-state index contributed by atoms with van der Waals surface area (Å²) in [4.78, 5) is 0. The number of aromatic hydroxyl groups is 1. The first-order valence-electron chi connectivity index (χ1n) is 5.97. The number of phenols is 1. The van der Waals surface area contributed by atoms with E-state index in [9.17, 15) is 27.1 Å². The van der Waals surface area contributed by atoms with Gasteiger partial charge in [0.1, 0.15) is 11.6 Å². The summed E-state index contributed by atoms with van der Waals surface area (Å²) in [6.07, 6.45) is -4.84. The fourth-order valence-electron chi connectivity index (χ4n) is 1.90. The van der Waals surface area contributed by atoms with Crippen LogP contribution in [-0.2, 0) is 0 Å². The molecule has 0 bridgehead atoms. The molecule has 9 heteroatoms. The largest absolute Gasteiger partial charge is 0.573 e. The van der Waals surface area contributed by atoms with Gasteiger partial charge in [-0.25, -0.2) is 8.78 Å². The van der Waals surface area contributed by atoms with Gasteiger partial charge in [0.2, 0.25) is 0 Å². The number of rotatable bonds is 3. The Bertz CT molecular complexity index is 676. The van der Waals surface area contributed by atoms with E-state index in [1.807, 2.05) is 0 Å². The highest BCUT2D eigenvalue weighted by atomic mass is 35.5. The maximum absolute atomic E-state index is 13.7. The quantitative estimate of drug-likeness (QED) is 0.817. The monoisotopic (exact) mass is 355 g/mol. The van der Waals surface area contributed by atoms with Crippen LogP contribution in [0.2, 0.25) is 0 Å². The van der Waals surface area contributed by atoms with Crippen LogP contribution in [0, 0.1) is 11.6 Å². The predicted molar refractivity (Wildman–Crippen MR) is 74.4 cm³/mol. The van der Waals surface area contributed by atoms with Crippen LogP contribution in [0.5, 0.6) is 11.5 Å². The van der Waals surface area contributed by atoms with Crippen LogP contribution in [0.4, 0.5) is 22.0 Å². The van der Waals surface area contributed by atoms with Gasteiger partial charge in [0, 0.05) is 0 Å². The lowest BCUT2D eigenvalue weighted by Gasteiger charge is -2.16. The molecule has 3 N–H and O–H groups in total. The number of hydrogen-bond donors (Lipinski definition) is 2. The van der Waals surface area contributed by atoms with Crippen LogP contribution < -0.4 is 10.5 Å². The molecule has 0 spiro atoms. The van der Waals surface area contributed by atoms with Crippen LogP contribution in [-0.4, -0.2) is 11.5 Å². The van der Waals surface area contributed by atoms with Gasteiger partial charge in [0.25, 0.3) is 0 Å². The highest BCUT2D eigenvalue weighted by molar-refractivity contribution is 5.85. The second kappa shape index (κ2) is 7.01. The van der Waals surface area contributed by atoms with E-state index >= 15 is 0 Å². The van der Waals surface area contributed by atoms with Gasteiger partial charge in [0.15, 0.2) is 11.6 Å². The fourth-order valence-corrected chi connectivity index (χ4v) is 1.90. The molecule has 0 saturated carbocycles. The van der Waals surface area contributed by atoms with Crippen molar-refractivity contribution in [2.24, 2.45) is 5.73 Å². The van der Waals surface area contributed by atoms with Crippen molar-refractivity contribution in [1.82, 2.24) is 0 Å². The normalized spacial score (nSPS) is 12.4. The van der Waals surface area contributed by atoms with Gasteiger partial charge in [-0.3, -0.25) is 0 Å². The Labute approximate surface area is 133 Å². The van der Waals surface area contributed by atoms with Crippen LogP contribution in [0.1, 0.15) is 17.2 Å². The van der Waals surface area contributed by atoms with Gasteiger partial charge in [-0.1, -0.05) is 12.1 Å². The molecule has 1 atom stereocenters. The molecular formula is C14H11ClF5NO2.